The molecule has 0 aliphatic heterocycles. The smallest absolute Gasteiger partial charge is 0.400 e. The fraction of sp³-hybridized carbons (Fsp3) is 0.160. The number of rotatable bonds is 6. The number of aryl methyl sites for hydroxylation is 2. The van der Waals surface area contributed by atoms with Crippen molar-refractivity contribution in [2.75, 3.05) is 5.09 Å². The highest BCUT2D eigenvalue weighted by molar-refractivity contribution is 7.56. The zero-order valence-electron chi connectivity index (χ0n) is 18.0. The van der Waals surface area contributed by atoms with Crippen LogP contribution in [0.5, 0.6) is 11.5 Å². The van der Waals surface area contributed by atoms with Crippen LogP contribution in [0, 0.1) is 27.7 Å². The van der Waals surface area contributed by atoms with Crippen molar-refractivity contribution in [1.82, 2.24) is 4.98 Å². The van der Waals surface area contributed by atoms with E-state index in [4.69, 9.17) is 9.05 Å². The molecule has 1 N–H and O–H groups in total. The normalized spacial score (nSPS) is 11.4. The van der Waals surface area contributed by atoms with Gasteiger partial charge in [0.15, 0.2) is 0 Å². The second kappa shape index (κ2) is 8.44. The molecule has 0 radical (unpaired) electrons. The molecule has 0 bridgehead atoms. The summed E-state index contributed by atoms with van der Waals surface area (Å²) in [6.07, 6.45) is 1.70. The van der Waals surface area contributed by atoms with Gasteiger partial charge in [-0.15, -0.1) is 0 Å². The largest absolute Gasteiger partial charge is 0.541 e. The van der Waals surface area contributed by atoms with Gasteiger partial charge in [0.1, 0.15) is 11.5 Å². The van der Waals surface area contributed by atoms with Gasteiger partial charge >= 0.3 is 7.75 Å². The van der Waals surface area contributed by atoms with Crippen LogP contribution in [-0.2, 0) is 4.57 Å². The number of benzene rings is 3. The maximum Gasteiger partial charge on any atom is 0.541 e. The summed E-state index contributed by atoms with van der Waals surface area (Å²) in [5, 5.41) is 3.97. The standard InChI is InChI=1S/C25H25N2O3P/c1-17-9-5-14-23(19(17)3)29-31(28,30-24-15-6-10-18(2)20(24)4)27-22-13-7-11-21-12-8-16-26-25(21)22/h5-16H,1-4H3,(H,27,28). The van der Waals surface area contributed by atoms with E-state index in [9.17, 15) is 4.57 Å². The van der Waals surface area contributed by atoms with E-state index < -0.39 is 7.75 Å². The van der Waals surface area contributed by atoms with Crippen molar-refractivity contribution < 1.29 is 13.6 Å². The Hall–Kier alpha value is -3.30. The third-order valence-electron chi connectivity index (χ3n) is 5.44. The Morgan fingerprint density at radius 2 is 1.29 bits per heavy atom. The Morgan fingerprint density at radius 1 is 0.742 bits per heavy atom. The number of nitrogens with one attached hydrogen (secondary N) is 1. The summed E-state index contributed by atoms with van der Waals surface area (Å²) >= 11 is 0. The monoisotopic (exact) mass is 432 g/mol. The highest BCUT2D eigenvalue weighted by Gasteiger charge is 2.31. The molecule has 158 valence electrons. The van der Waals surface area contributed by atoms with Gasteiger partial charge in [-0.1, -0.05) is 42.5 Å². The summed E-state index contributed by atoms with van der Waals surface area (Å²) in [4.78, 5) is 4.45. The van der Waals surface area contributed by atoms with Gasteiger partial charge in [-0.05, 0) is 74.2 Å². The molecule has 0 aliphatic carbocycles. The first-order valence-electron chi connectivity index (χ1n) is 10.1. The molecule has 0 amide bonds. The molecular weight excluding hydrogens is 407 g/mol. The van der Waals surface area contributed by atoms with Crippen LogP contribution in [0.3, 0.4) is 0 Å². The predicted molar refractivity (Wildman–Crippen MR) is 126 cm³/mol. The molecule has 0 saturated carbocycles. The molecule has 4 rings (SSSR count). The van der Waals surface area contributed by atoms with Crippen molar-refractivity contribution in [2.45, 2.75) is 27.7 Å². The molecule has 5 nitrogen and oxygen atoms in total. The van der Waals surface area contributed by atoms with Crippen LogP contribution in [0.25, 0.3) is 10.9 Å². The quantitative estimate of drug-likeness (QED) is 0.328. The number of hydrogen-bond acceptors (Lipinski definition) is 4. The number of anilines is 1. The van der Waals surface area contributed by atoms with Gasteiger partial charge in [0, 0.05) is 11.6 Å². The fourth-order valence-corrected chi connectivity index (χ4v) is 4.83. The van der Waals surface area contributed by atoms with Gasteiger partial charge in [0.25, 0.3) is 0 Å². The zero-order chi connectivity index (χ0) is 22.0. The zero-order valence-corrected chi connectivity index (χ0v) is 18.9. The van der Waals surface area contributed by atoms with Crippen LogP contribution in [0.2, 0.25) is 0 Å². The Balaban J connectivity index is 1.79. The number of para-hydroxylation sites is 1. The molecule has 0 fully saturated rings. The minimum atomic E-state index is -3.87. The van der Waals surface area contributed by atoms with E-state index in [1.54, 1.807) is 18.3 Å². The van der Waals surface area contributed by atoms with Crippen LogP contribution in [-0.4, -0.2) is 4.98 Å². The minimum Gasteiger partial charge on any atom is -0.400 e. The maximum absolute atomic E-state index is 14.1. The van der Waals surface area contributed by atoms with Crippen LogP contribution in [0.15, 0.2) is 72.9 Å². The number of hydrogen-bond donors (Lipinski definition) is 1. The van der Waals surface area contributed by atoms with E-state index in [0.717, 1.165) is 27.6 Å². The maximum atomic E-state index is 14.1. The summed E-state index contributed by atoms with van der Waals surface area (Å²) < 4.78 is 26.2. The lowest BCUT2D eigenvalue weighted by atomic mass is 10.1. The number of aromatic nitrogens is 1. The molecule has 0 unspecified atom stereocenters. The van der Waals surface area contributed by atoms with Crippen molar-refractivity contribution in [3.63, 3.8) is 0 Å². The first-order valence-corrected chi connectivity index (χ1v) is 11.6. The molecule has 0 aliphatic rings. The third kappa shape index (κ3) is 4.42. The van der Waals surface area contributed by atoms with Crippen LogP contribution in [0.1, 0.15) is 22.3 Å². The Morgan fingerprint density at radius 3 is 1.90 bits per heavy atom. The average molecular weight is 432 g/mol. The van der Waals surface area contributed by atoms with E-state index in [0.29, 0.717) is 22.7 Å². The lowest BCUT2D eigenvalue weighted by Gasteiger charge is -2.23. The van der Waals surface area contributed by atoms with E-state index in [2.05, 4.69) is 10.1 Å². The van der Waals surface area contributed by atoms with Crippen molar-refractivity contribution in [2.24, 2.45) is 0 Å². The van der Waals surface area contributed by atoms with Gasteiger partial charge in [-0.2, -0.15) is 0 Å². The third-order valence-corrected chi connectivity index (χ3v) is 6.83. The summed E-state index contributed by atoms with van der Waals surface area (Å²) in [5.74, 6) is 1.02. The van der Waals surface area contributed by atoms with E-state index in [1.807, 2.05) is 82.3 Å². The summed E-state index contributed by atoms with van der Waals surface area (Å²) in [5.41, 5.74) is 5.18. The lowest BCUT2D eigenvalue weighted by Crippen LogP contribution is -2.12. The SMILES string of the molecule is Cc1cccc(OP(=O)(Nc2cccc3cccnc23)Oc2cccc(C)c2C)c1C. The molecule has 0 atom stereocenters. The second-order valence-corrected chi connectivity index (χ2v) is 9.15. The minimum absolute atomic E-state index is 0.509. The van der Waals surface area contributed by atoms with Gasteiger partial charge in [0.2, 0.25) is 0 Å². The predicted octanol–water partition coefficient (Wildman–Crippen LogP) is 7.15. The number of pyridine rings is 1. The molecule has 4 aromatic rings. The molecule has 3 aromatic carbocycles. The summed E-state index contributed by atoms with van der Waals surface area (Å²) in [7, 11) is -3.87. The first kappa shape index (κ1) is 21.0. The Bertz CT molecular complexity index is 1240. The van der Waals surface area contributed by atoms with Crippen LogP contribution < -0.4 is 14.1 Å². The molecular formula is C25H25N2O3P. The molecule has 1 heterocycles. The van der Waals surface area contributed by atoms with E-state index in [1.165, 1.54) is 0 Å². The van der Waals surface area contributed by atoms with Crippen molar-refractivity contribution >= 4 is 24.3 Å². The number of fused-ring (bicyclic) bond motifs is 1. The molecule has 31 heavy (non-hydrogen) atoms. The van der Waals surface area contributed by atoms with Crippen molar-refractivity contribution in [3.05, 3.63) is 95.2 Å². The highest BCUT2D eigenvalue weighted by atomic mass is 31.2. The fourth-order valence-electron chi connectivity index (χ4n) is 3.31. The van der Waals surface area contributed by atoms with Gasteiger partial charge in [-0.3, -0.25) is 10.1 Å². The summed E-state index contributed by atoms with van der Waals surface area (Å²) in [6, 6.07) is 20.8. The summed E-state index contributed by atoms with van der Waals surface area (Å²) in [6.45, 7) is 7.85. The van der Waals surface area contributed by atoms with Crippen molar-refractivity contribution in [1.29, 1.82) is 0 Å². The number of nitrogens with zero attached hydrogens (tertiary/aromatic N) is 1. The van der Waals surface area contributed by atoms with Gasteiger partial charge in [-0.25, -0.2) is 4.57 Å². The lowest BCUT2D eigenvalue weighted by molar-refractivity contribution is 0.390. The van der Waals surface area contributed by atoms with Gasteiger partial charge in [0.05, 0.1) is 11.2 Å². The van der Waals surface area contributed by atoms with E-state index >= 15 is 0 Å². The highest BCUT2D eigenvalue weighted by Crippen LogP contribution is 2.50. The van der Waals surface area contributed by atoms with Crippen LogP contribution >= 0.6 is 7.75 Å². The molecule has 0 spiro atoms. The second-order valence-electron chi connectivity index (χ2n) is 7.57. The Labute approximate surface area is 182 Å². The average Bonchev–Trinajstić information content (AvgIpc) is 2.75. The first-order chi connectivity index (χ1) is 14.9. The van der Waals surface area contributed by atoms with Crippen molar-refractivity contribution in [3.8, 4) is 11.5 Å². The Kier molecular flexibility index (Phi) is 5.71. The van der Waals surface area contributed by atoms with Gasteiger partial charge < -0.3 is 9.05 Å². The van der Waals surface area contributed by atoms with E-state index in [-0.39, 0.29) is 0 Å². The molecule has 6 heteroatoms. The van der Waals surface area contributed by atoms with Crippen LogP contribution in [0.4, 0.5) is 5.69 Å². The molecule has 1 aromatic heterocycles. The molecule has 0 saturated heterocycles. The topological polar surface area (TPSA) is 60.5 Å².